The predicted octanol–water partition coefficient (Wildman–Crippen LogP) is 4.85. The van der Waals surface area contributed by atoms with E-state index in [-0.39, 0.29) is 12.2 Å². The minimum atomic E-state index is -1.83. The molecule has 1 N–H and O–H groups in total. The number of allylic oxidation sites excluding steroid dienone is 6. The molecule has 6 heteroatoms. The van der Waals surface area contributed by atoms with Crippen LogP contribution in [0.1, 0.15) is 41.0 Å². The average molecular weight is 510 g/mol. The second kappa shape index (κ2) is 9.71. The largest absolute Gasteiger partial charge is 0.464 e. The van der Waals surface area contributed by atoms with Gasteiger partial charge in [0, 0.05) is 22.8 Å². The monoisotopic (exact) mass is 510 g/mol. The fourth-order valence-corrected chi connectivity index (χ4v) is 3.97. The SMILES string of the molecule is CCOC(=O)C=C1C2=COC(/C=C/C(C)=C/[C@@H](C)CC)=CC2=C(I)C(=O)C1(C)O. The third-order valence-electron chi connectivity index (χ3n) is 4.83. The highest BCUT2D eigenvalue weighted by Crippen LogP contribution is 2.43. The van der Waals surface area contributed by atoms with Crippen LogP contribution >= 0.6 is 22.6 Å². The van der Waals surface area contributed by atoms with Crippen LogP contribution in [0.2, 0.25) is 0 Å². The van der Waals surface area contributed by atoms with E-state index in [9.17, 15) is 14.7 Å². The Bertz CT molecular complexity index is 881. The van der Waals surface area contributed by atoms with Gasteiger partial charge in [0.25, 0.3) is 0 Å². The third kappa shape index (κ3) is 5.36. The van der Waals surface area contributed by atoms with E-state index in [2.05, 4.69) is 19.9 Å². The van der Waals surface area contributed by atoms with Gasteiger partial charge < -0.3 is 14.6 Å². The number of rotatable bonds is 6. The molecular formula is C23H27IO5. The molecule has 0 aromatic rings. The van der Waals surface area contributed by atoms with Crippen LogP contribution in [0.5, 0.6) is 0 Å². The molecule has 1 heterocycles. The van der Waals surface area contributed by atoms with E-state index >= 15 is 0 Å². The normalized spacial score (nSPS) is 24.9. The molecule has 0 amide bonds. The Kier molecular flexibility index (Phi) is 7.82. The lowest BCUT2D eigenvalue weighted by atomic mass is 9.77. The smallest absolute Gasteiger partial charge is 0.331 e. The number of hydrogen-bond acceptors (Lipinski definition) is 5. The van der Waals surface area contributed by atoms with Crippen molar-refractivity contribution in [1.29, 1.82) is 0 Å². The lowest BCUT2D eigenvalue weighted by Crippen LogP contribution is -2.42. The summed E-state index contributed by atoms with van der Waals surface area (Å²) in [5, 5.41) is 10.8. The van der Waals surface area contributed by atoms with Gasteiger partial charge in [-0.15, -0.1) is 0 Å². The van der Waals surface area contributed by atoms with Gasteiger partial charge in [0.15, 0.2) is 5.60 Å². The second-order valence-corrected chi connectivity index (χ2v) is 8.34. The number of esters is 1. The van der Waals surface area contributed by atoms with Crippen LogP contribution in [-0.2, 0) is 19.1 Å². The van der Waals surface area contributed by atoms with Gasteiger partial charge in [-0.05, 0) is 61.4 Å². The van der Waals surface area contributed by atoms with Gasteiger partial charge in [-0.1, -0.05) is 38.0 Å². The van der Waals surface area contributed by atoms with E-state index in [1.165, 1.54) is 13.2 Å². The zero-order valence-corrected chi connectivity index (χ0v) is 19.6. The number of aliphatic hydroxyl groups is 1. The molecule has 2 aliphatic rings. The van der Waals surface area contributed by atoms with Crippen molar-refractivity contribution in [2.75, 3.05) is 6.61 Å². The van der Waals surface area contributed by atoms with E-state index < -0.39 is 17.4 Å². The minimum absolute atomic E-state index is 0.170. The molecular weight excluding hydrogens is 483 g/mol. The van der Waals surface area contributed by atoms with Gasteiger partial charge in [0.05, 0.1) is 16.4 Å². The number of halogens is 1. The first-order valence-electron chi connectivity index (χ1n) is 9.63. The Morgan fingerprint density at radius 3 is 2.72 bits per heavy atom. The Hall–Kier alpha value is -1.93. The summed E-state index contributed by atoms with van der Waals surface area (Å²) in [7, 11) is 0. The lowest BCUT2D eigenvalue weighted by Gasteiger charge is -2.33. The summed E-state index contributed by atoms with van der Waals surface area (Å²) in [5.74, 6) is -0.0205. The van der Waals surface area contributed by atoms with Crippen molar-refractivity contribution in [3.63, 3.8) is 0 Å². The fourth-order valence-electron chi connectivity index (χ4n) is 3.00. The molecule has 156 valence electrons. The number of Topliss-reactive ketones (excluding diaryl/α,β-unsaturated/α-hetero) is 1. The first-order valence-corrected chi connectivity index (χ1v) is 10.7. The summed E-state index contributed by atoms with van der Waals surface area (Å²) in [6.45, 7) is 9.59. The maximum Gasteiger partial charge on any atom is 0.331 e. The van der Waals surface area contributed by atoms with Crippen molar-refractivity contribution < 1.29 is 24.2 Å². The minimum Gasteiger partial charge on any atom is -0.464 e. The Morgan fingerprint density at radius 1 is 1.41 bits per heavy atom. The van der Waals surface area contributed by atoms with Gasteiger partial charge in [-0.3, -0.25) is 4.79 Å². The number of hydrogen-bond donors (Lipinski definition) is 1. The predicted molar refractivity (Wildman–Crippen MR) is 121 cm³/mol. The number of fused-ring (bicyclic) bond motifs is 1. The fraction of sp³-hybridized carbons (Fsp3) is 0.391. The zero-order chi connectivity index (χ0) is 21.8. The number of carbonyl (C=O) groups is 2. The van der Waals surface area contributed by atoms with Crippen LogP contribution in [0.3, 0.4) is 0 Å². The molecule has 2 atom stereocenters. The van der Waals surface area contributed by atoms with E-state index in [1.807, 2.05) is 41.7 Å². The molecule has 0 aromatic carbocycles. The maximum atomic E-state index is 12.7. The van der Waals surface area contributed by atoms with Crippen LogP contribution in [0.25, 0.3) is 0 Å². The molecule has 0 spiro atoms. The van der Waals surface area contributed by atoms with Gasteiger partial charge in [-0.2, -0.15) is 0 Å². The number of carbonyl (C=O) groups excluding carboxylic acids is 2. The lowest BCUT2D eigenvalue weighted by molar-refractivity contribution is -0.137. The Balaban J connectivity index is 2.42. The van der Waals surface area contributed by atoms with Gasteiger partial charge >= 0.3 is 5.97 Å². The Morgan fingerprint density at radius 2 is 2.10 bits per heavy atom. The highest BCUT2D eigenvalue weighted by atomic mass is 127. The molecule has 0 aromatic heterocycles. The van der Waals surface area contributed by atoms with Crippen LogP contribution in [0, 0.1) is 5.92 Å². The van der Waals surface area contributed by atoms with Gasteiger partial charge in [0.1, 0.15) is 5.76 Å². The average Bonchev–Trinajstić information content (AvgIpc) is 2.68. The third-order valence-corrected chi connectivity index (χ3v) is 5.90. The first-order chi connectivity index (χ1) is 13.6. The standard InChI is InChI=1S/C23H27IO5/c1-6-14(3)10-15(4)8-9-16-11-17-18(13-29-16)19(12-20(25)28-7-2)23(5,27)22(26)21(17)24/h8-14,27H,6-7H2,1-5H3/b9-8+,15-10+,19-12?/t14-,23?/m0/s1. The van der Waals surface area contributed by atoms with Crippen molar-refractivity contribution in [3.8, 4) is 0 Å². The second-order valence-electron chi connectivity index (χ2n) is 7.26. The molecule has 0 saturated carbocycles. The maximum absolute atomic E-state index is 12.7. The molecule has 1 unspecified atom stereocenters. The van der Waals surface area contributed by atoms with Crippen molar-refractivity contribution in [1.82, 2.24) is 0 Å². The van der Waals surface area contributed by atoms with E-state index in [1.54, 1.807) is 13.0 Å². The molecule has 29 heavy (non-hydrogen) atoms. The Labute approximate surface area is 185 Å². The summed E-state index contributed by atoms with van der Waals surface area (Å²) < 4.78 is 11.0. The molecule has 2 rings (SSSR count). The molecule has 0 bridgehead atoms. The van der Waals surface area contributed by atoms with Gasteiger partial charge in [-0.25, -0.2) is 4.79 Å². The van der Waals surface area contributed by atoms with Crippen LogP contribution in [-0.4, -0.2) is 29.1 Å². The summed E-state index contributed by atoms with van der Waals surface area (Å²) >= 11 is 1.93. The highest BCUT2D eigenvalue weighted by molar-refractivity contribution is 14.1. The van der Waals surface area contributed by atoms with Crippen molar-refractivity contribution in [3.05, 3.63) is 68.3 Å². The van der Waals surface area contributed by atoms with Gasteiger partial charge in [0.2, 0.25) is 5.78 Å². The zero-order valence-electron chi connectivity index (χ0n) is 17.4. The molecule has 0 fully saturated rings. The van der Waals surface area contributed by atoms with Crippen molar-refractivity contribution >= 4 is 34.3 Å². The molecule has 0 saturated heterocycles. The van der Waals surface area contributed by atoms with Crippen LogP contribution in [0.15, 0.2) is 68.3 Å². The molecule has 0 radical (unpaired) electrons. The summed E-state index contributed by atoms with van der Waals surface area (Å²) in [4.78, 5) is 24.7. The quantitative estimate of drug-likeness (QED) is 0.240. The van der Waals surface area contributed by atoms with Crippen LogP contribution in [0.4, 0.5) is 0 Å². The summed E-state index contributed by atoms with van der Waals surface area (Å²) in [6, 6.07) is 0. The van der Waals surface area contributed by atoms with E-state index in [0.29, 0.717) is 26.4 Å². The van der Waals surface area contributed by atoms with E-state index in [4.69, 9.17) is 9.47 Å². The topological polar surface area (TPSA) is 72.8 Å². The van der Waals surface area contributed by atoms with Crippen molar-refractivity contribution in [2.24, 2.45) is 5.92 Å². The van der Waals surface area contributed by atoms with Crippen LogP contribution < -0.4 is 0 Å². The highest BCUT2D eigenvalue weighted by Gasteiger charge is 2.45. The number of ketones is 1. The van der Waals surface area contributed by atoms with E-state index in [0.717, 1.165) is 18.1 Å². The molecule has 1 aliphatic heterocycles. The van der Waals surface area contributed by atoms with Crippen molar-refractivity contribution in [2.45, 2.75) is 46.6 Å². The summed E-state index contributed by atoms with van der Waals surface area (Å²) in [5.41, 5.74) is 0.568. The summed E-state index contributed by atoms with van der Waals surface area (Å²) in [6.07, 6.45) is 11.4. The molecule has 1 aliphatic carbocycles. The molecule has 5 nitrogen and oxygen atoms in total. The first kappa shape index (κ1) is 23.3. The number of ether oxygens (including phenoxy) is 2.